The molecule has 4 N–H and O–H groups in total. The zero-order valence-corrected chi connectivity index (χ0v) is 22.1. The van der Waals surface area contributed by atoms with Crippen LogP contribution in [0.1, 0.15) is 56.9 Å². The van der Waals surface area contributed by atoms with E-state index in [1.54, 1.807) is 0 Å². The minimum atomic E-state index is -4.09. The lowest BCUT2D eigenvalue weighted by Gasteiger charge is -2.15. The van der Waals surface area contributed by atoms with E-state index < -0.39 is 22.3 Å². The molecule has 3 aromatic rings. The van der Waals surface area contributed by atoms with Crippen molar-refractivity contribution in [2.24, 2.45) is 11.1 Å². The van der Waals surface area contributed by atoms with Gasteiger partial charge in [0, 0.05) is 34.0 Å². The Morgan fingerprint density at radius 1 is 1.36 bits per heavy atom. The van der Waals surface area contributed by atoms with Crippen molar-refractivity contribution in [2.45, 2.75) is 44.8 Å². The number of nitrogens with one attached hydrogen (secondary N) is 1. The van der Waals surface area contributed by atoms with Crippen LogP contribution in [0.25, 0.3) is 0 Å². The largest absolute Gasteiger partial charge is 0.393 e. The fraction of sp³-hybridized carbons (Fsp3) is 0.375. The standard InChI is InChI=1S/C24H27ClN4O5S2/c1-13(15-4-3-5-17(25)6-15)19-9-22(35-14(19)2)23(31)20-10-27-12-28-24(20)29-18-7-16(21(30)8-18)11-34-36(26,32)33/h3-6,9-10,12-13,16,18,21,30H,7-8,11H2,1-2H3,(H2,26,32,33)(H,27,28,29)/t13-,16+,18+,21-/m0/s1. The highest BCUT2D eigenvalue weighted by Crippen LogP contribution is 2.35. The van der Waals surface area contributed by atoms with E-state index in [1.165, 1.54) is 23.9 Å². The van der Waals surface area contributed by atoms with E-state index in [1.807, 2.05) is 37.3 Å². The summed E-state index contributed by atoms with van der Waals surface area (Å²) in [7, 11) is -4.09. The Hall–Kier alpha value is -2.41. The molecule has 4 atom stereocenters. The average molecular weight is 551 g/mol. The van der Waals surface area contributed by atoms with Gasteiger partial charge >= 0.3 is 10.3 Å². The summed E-state index contributed by atoms with van der Waals surface area (Å²) in [5.41, 5.74) is 2.43. The Labute approximate surface area is 219 Å². The highest BCUT2D eigenvalue weighted by molar-refractivity contribution is 7.84. The van der Waals surface area contributed by atoms with Gasteiger partial charge in [-0.05, 0) is 49.1 Å². The summed E-state index contributed by atoms with van der Waals surface area (Å²) in [6.07, 6.45) is 2.81. The number of hydrogen-bond donors (Lipinski definition) is 3. The second kappa shape index (κ2) is 10.9. The molecule has 0 radical (unpaired) electrons. The van der Waals surface area contributed by atoms with Crippen molar-refractivity contribution in [3.05, 3.63) is 74.3 Å². The molecule has 0 aliphatic heterocycles. The molecule has 1 saturated carbocycles. The number of hydrogen-bond acceptors (Lipinski definition) is 9. The Kier molecular flexibility index (Phi) is 8.08. The van der Waals surface area contributed by atoms with E-state index in [4.69, 9.17) is 16.7 Å². The molecule has 1 fully saturated rings. The van der Waals surface area contributed by atoms with Gasteiger partial charge in [0.25, 0.3) is 0 Å². The van der Waals surface area contributed by atoms with Gasteiger partial charge in [0.15, 0.2) is 0 Å². The topological polar surface area (TPSA) is 144 Å². The molecule has 2 aromatic heterocycles. The second-order valence-electron chi connectivity index (χ2n) is 8.93. The number of aryl methyl sites for hydroxylation is 1. The fourth-order valence-electron chi connectivity index (χ4n) is 4.51. The first kappa shape index (κ1) is 26.6. The molecule has 0 unspecified atom stereocenters. The van der Waals surface area contributed by atoms with Crippen molar-refractivity contribution in [3.8, 4) is 0 Å². The lowest BCUT2D eigenvalue weighted by Crippen LogP contribution is -2.24. The van der Waals surface area contributed by atoms with Crippen molar-refractivity contribution >= 4 is 44.8 Å². The van der Waals surface area contributed by atoms with Crippen LogP contribution in [0.2, 0.25) is 5.02 Å². The molecule has 36 heavy (non-hydrogen) atoms. The number of nitrogens with zero attached hydrogens (tertiary/aromatic N) is 2. The highest BCUT2D eigenvalue weighted by atomic mass is 35.5. The lowest BCUT2D eigenvalue weighted by molar-refractivity contribution is 0.101. The molecule has 0 amide bonds. The zero-order valence-electron chi connectivity index (χ0n) is 19.7. The molecule has 1 aliphatic carbocycles. The maximum absolute atomic E-state index is 13.5. The SMILES string of the molecule is Cc1sc(C(=O)c2cncnc2N[C@@H]2C[C@H](COS(N)(=O)=O)[C@@H](O)C2)cc1[C@@H](C)c1cccc(Cl)c1. The minimum Gasteiger partial charge on any atom is -0.393 e. The average Bonchev–Trinajstić information content (AvgIpc) is 3.38. The van der Waals surface area contributed by atoms with Crippen LogP contribution in [0.3, 0.4) is 0 Å². The number of aliphatic hydroxyl groups is 1. The monoisotopic (exact) mass is 550 g/mol. The Morgan fingerprint density at radius 3 is 2.86 bits per heavy atom. The molecule has 4 rings (SSSR count). The predicted molar refractivity (Wildman–Crippen MR) is 139 cm³/mol. The number of carbonyl (C=O) groups is 1. The van der Waals surface area contributed by atoms with Crippen LogP contribution in [0.4, 0.5) is 5.82 Å². The number of aliphatic hydroxyl groups excluding tert-OH is 1. The van der Waals surface area contributed by atoms with Gasteiger partial charge in [0.2, 0.25) is 5.78 Å². The highest BCUT2D eigenvalue weighted by Gasteiger charge is 2.35. The van der Waals surface area contributed by atoms with Gasteiger partial charge in [0.1, 0.15) is 12.1 Å². The number of ketones is 1. The van der Waals surface area contributed by atoms with Crippen LogP contribution < -0.4 is 10.5 Å². The molecule has 192 valence electrons. The third-order valence-electron chi connectivity index (χ3n) is 6.40. The zero-order chi connectivity index (χ0) is 26.0. The molecular formula is C24H27ClN4O5S2. The number of anilines is 1. The summed E-state index contributed by atoms with van der Waals surface area (Å²) in [5, 5.41) is 19.1. The van der Waals surface area contributed by atoms with Gasteiger partial charge in [-0.25, -0.2) is 15.1 Å². The van der Waals surface area contributed by atoms with Crippen molar-refractivity contribution in [1.29, 1.82) is 0 Å². The molecule has 0 bridgehead atoms. The third-order valence-corrected chi connectivity index (χ3v) is 8.16. The van der Waals surface area contributed by atoms with Crippen LogP contribution >= 0.6 is 22.9 Å². The Bertz CT molecular complexity index is 1360. The van der Waals surface area contributed by atoms with E-state index in [0.717, 1.165) is 16.0 Å². The summed E-state index contributed by atoms with van der Waals surface area (Å²) >= 11 is 7.58. The molecule has 0 spiro atoms. The molecule has 12 heteroatoms. The first-order valence-electron chi connectivity index (χ1n) is 11.3. The molecule has 9 nitrogen and oxygen atoms in total. The number of thiophene rings is 1. The van der Waals surface area contributed by atoms with Gasteiger partial charge in [0.05, 0.1) is 23.2 Å². The summed E-state index contributed by atoms with van der Waals surface area (Å²) < 4.78 is 26.8. The van der Waals surface area contributed by atoms with Crippen LogP contribution in [0.5, 0.6) is 0 Å². The van der Waals surface area contributed by atoms with Crippen LogP contribution in [-0.4, -0.2) is 48.0 Å². The summed E-state index contributed by atoms with van der Waals surface area (Å²) in [6.45, 7) is 3.85. The number of halogens is 1. The van der Waals surface area contributed by atoms with Gasteiger partial charge in [-0.2, -0.15) is 8.42 Å². The Morgan fingerprint density at radius 2 is 2.14 bits per heavy atom. The number of carbonyl (C=O) groups excluding carboxylic acids is 1. The number of aromatic nitrogens is 2. The molecule has 1 aromatic carbocycles. The fourth-order valence-corrected chi connectivity index (χ4v) is 6.15. The second-order valence-corrected chi connectivity index (χ2v) is 11.8. The maximum Gasteiger partial charge on any atom is 0.333 e. The quantitative estimate of drug-likeness (QED) is 0.342. The smallest absolute Gasteiger partial charge is 0.333 e. The first-order chi connectivity index (χ1) is 17.0. The van der Waals surface area contributed by atoms with E-state index in [2.05, 4.69) is 26.4 Å². The van der Waals surface area contributed by atoms with Crippen LogP contribution in [-0.2, 0) is 14.5 Å². The van der Waals surface area contributed by atoms with Gasteiger partial charge < -0.3 is 10.4 Å². The van der Waals surface area contributed by atoms with Gasteiger partial charge in [-0.1, -0.05) is 30.7 Å². The van der Waals surface area contributed by atoms with E-state index in [-0.39, 0.29) is 24.3 Å². The maximum atomic E-state index is 13.5. The van der Waals surface area contributed by atoms with Gasteiger partial charge in [-0.15, -0.1) is 11.3 Å². The van der Waals surface area contributed by atoms with Crippen LogP contribution in [0.15, 0.2) is 42.9 Å². The van der Waals surface area contributed by atoms with Crippen molar-refractivity contribution < 1.29 is 22.5 Å². The van der Waals surface area contributed by atoms with E-state index in [9.17, 15) is 18.3 Å². The van der Waals surface area contributed by atoms with Gasteiger partial charge in [-0.3, -0.25) is 8.98 Å². The predicted octanol–water partition coefficient (Wildman–Crippen LogP) is 3.65. The summed E-state index contributed by atoms with van der Waals surface area (Å²) in [4.78, 5) is 23.4. The van der Waals surface area contributed by atoms with Crippen molar-refractivity contribution in [2.75, 3.05) is 11.9 Å². The summed E-state index contributed by atoms with van der Waals surface area (Å²) in [5.74, 6) is -0.209. The normalized spacial score (nSPS) is 20.9. The van der Waals surface area contributed by atoms with Crippen molar-refractivity contribution in [1.82, 2.24) is 9.97 Å². The number of benzene rings is 1. The minimum absolute atomic E-state index is 0.0579. The third kappa shape index (κ3) is 6.28. The lowest BCUT2D eigenvalue weighted by atomic mass is 9.93. The molecule has 1 aliphatic rings. The molecule has 2 heterocycles. The number of rotatable bonds is 9. The molecule has 0 saturated heterocycles. The van der Waals surface area contributed by atoms with Crippen LogP contribution in [0, 0.1) is 12.8 Å². The Balaban J connectivity index is 1.51. The number of nitrogens with two attached hydrogens (primary N) is 1. The first-order valence-corrected chi connectivity index (χ1v) is 14.0. The van der Waals surface area contributed by atoms with E-state index in [0.29, 0.717) is 34.1 Å². The van der Waals surface area contributed by atoms with E-state index >= 15 is 0 Å². The molecular weight excluding hydrogens is 524 g/mol. The van der Waals surface area contributed by atoms with Crippen molar-refractivity contribution in [3.63, 3.8) is 0 Å². The summed E-state index contributed by atoms with van der Waals surface area (Å²) in [6, 6.07) is 9.35.